The lowest BCUT2D eigenvalue weighted by Crippen LogP contribution is -2.64. The van der Waals surface area contributed by atoms with Crippen molar-refractivity contribution in [1.82, 2.24) is 9.47 Å². The van der Waals surface area contributed by atoms with Gasteiger partial charge in [-0.05, 0) is 139 Å². The quantitative estimate of drug-likeness (QED) is 0.133. The van der Waals surface area contributed by atoms with E-state index >= 15 is 0 Å². The molecule has 7 rings (SSSR count). The number of ether oxygens (including phenoxy) is 5. The lowest BCUT2D eigenvalue weighted by molar-refractivity contribution is -0.302. The van der Waals surface area contributed by atoms with Crippen molar-refractivity contribution in [1.29, 1.82) is 0 Å². The fraction of sp³-hybridized carbons (Fsp3) is 0.714. The molecule has 4 heterocycles. The first-order valence-corrected chi connectivity index (χ1v) is 26.5. The summed E-state index contributed by atoms with van der Waals surface area (Å²) in [7, 11) is 5.24. The maximum absolute atomic E-state index is 14.7. The van der Waals surface area contributed by atoms with Gasteiger partial charge in [-0.25, -0.2) is 4.79 Å². The average molecular weight is 974 g/mol. The SMILES string of the molecule is CCOC1CC(C=C(C)C2OC(=O)C3CCCCN3C(=O)C(=O)C3(O)OC(C(OC)CC(C)C/C(C)=C/C(CC)C(=O)CC(O)C2C)C(OC)CC3C)CCC1N(C)c1ccc2c(ccn2C2CC2)c1. The van der Waals surface area contributed by atoms with Crippen LogP contribution in [0.3, 0.4) is 0 Å². The van der Waals surface area contributed by atoms with Crippen molar-refractivity contribution >= 4 is 40.0 Å². The summed E-state index contributed by atoms with van der Waals surface area (Å²) >= 11 is 0. The summed E-state index contributed by atoms with van der Waals surface area (Å²) in [6.07, 6.45) is 10.1. The number of aliphatic hydroxyl groups is 2. The maximum Gasteiger partial charge on any atom is 0.329 e. The fourth-order valence-electron chi connectivity index (χ4n) is 12.2. The standard InChI is InChI=1S/C56H83N3O11/c1-11-39-26-33(3)25-34(4)27-49(66-9)52-50(67-10)29-36(6)56(65,70-52)53(62)54(63)59-23-14-13-15-45(59)55(64)69-51(37(7)46(60)32-47(39)61)35(5)28-38-16-20-44(48(30-38)68-12-2)57(8)42-19-21-43-40(31-42)22-24-58(43)41-17-18-41/h19,21-22,24,26,28,31,34,36-39,41,44-46,48-52,60,65H,11-18,20,23,25,27,29-30,32H2,1-10H3/b33-26+,35-28?. The number of nitrogens with zero attached hydrogens (tertiary/aromatic N) is 3. The van der Waals surface area contributed by atoms with E-state index in [1.165, 1.54) is 28.6 Å². The van der Waals surface area contributed by atoms with Crippen LogP contribution in [-0.4, -0.2) is 132 Å². The number of likely N-dealkylation sites (N-methyl/N-ethyl adjacent to an activating group) is 1. The van der Waals surface area contributed by atoms with Crippen molar-refractivity contribution in [2.45, 2.75) is 192 Å². The van der Waals surface area contributed by atoms with Gasteiger partial charge in [0.05, 0.1) is 30.5 Å². The molecule has 14 atom stereocenters. The number of ketones is 2. The third-order valence-electron chi connectivity index (χ3n) is 16.5. The third-order valence-corrected chi connectivity index (χ3v) is 16.5. The van der Waals surface area contributed by atoms with E-state index in [-0.39, 0.29) is 55.6 Å². The number of aliphatic hydroxyl groups excluding tert-OH is 1. The van der Waals surface area contributed by atoms with Crippen LogP contribution in [0.2, 0.25) is 0 Å². The molecule has 3 aliphatic heterocycles. The highest BCUT2D eigenvalue weighted by Gasteiger charge is 2.56. The lowest BCUT2D eigenvalue weighted by Gasteiger charge is -2.47. The topological polar surface area (TPSA) is 166 Å². The van der Waals surface area contributed by atoms with Crippen molar-refractivity contribution in [3.8, 4) is 0 Å². The van der Waals surface area contributed by atoms with E-state index < -0.39 is 77.8 Å². The largest absolute Gasteiger partial charge is 0.456 e. The van der Waals surface area contributed by atoms with Crippen molar-refractivity contribution in [2.24, 2.45) is 29.6 Å². The number of carbonyl (C=O) groups excluding carboxylic acids is 4. The number of anilines is 1. The fourth-order valence-corrected chi connectivity index (χ4v) is 12.2. The number of benzene rings is 1. The number of hydrogen-bond acceptors (Lipinski definition) is 12. The summed E-state index contributed by atoms with van der Waals surface area (Å²) in [5.74, 6) is -7.35. The van der Waals surface area contributed by atoms with E-state index in [2.05, 4.69) is 60.0 Å². The molecule has 2 saturated carbocycles. The number of Topliss-reactive ketones (excluding diaryl/α,β-unsaturated/α-hetero) is 2. The van der Waals surface area contributed by atoms with Gasteiger partial charge >= 0.3 is 5.97 Å². The summed E-state index contributed by atoms with van der Waals surface area (Å²) in [6.45, 7) is 14.1. The Hall–Kier alpha value is -3.92. The smallest absolute Gasteiger partial charge is 0.329 e. The molecule has 1 aromatic carbocycles. The monoisotopic (exact) mass is 974 g/mol. The summed E-state index contributed by atoms with van der Waals surface area (Å²) < 4.78 is 33.5. The van der Waals surface area contributed by atoms with Crippen LogP contribution in [0, 0.1) is 29.6 Å². The van der Waals surface area contributed by atoms with Crippen molar-refractivity contribution < 1.29 is 53.1 Å². The molecule has 1 amide bonds. The average Bonchev–Trinajstić information content (AvgIpc) is 4.11. The zero-order valence-corrected chi connectivity index (χ0v) is 43.6. The Bertz CT molecular complexity index is 2220. The first-order valence-electron chi connectivity index (χ1n) is 26.5. The Labute approximate surface area is 416 Å². The Morgan fingerprint density at radius 2 is 1.66 bits per heavy atom. The number of aromatic nitrogens is 1. The Morgan fingerprint density at radius 3 is 2.34 bits per heavy atom. The first kappa shape index (κ1) is 53.9. The highest BCUT2D eigenvalue weighted by atomic mass is 16.7. The minimum atomic E-state index is -2.50. The molecule has 14 heteroatoms. The predicted octanol–water partition coefficient (Wildman–Crippen LogP) is 8.30. The molecule has 4 fully saturated rings. The van der Waals surface area contributed by atoms with Gasteiger partial charge in [0.1, 0.15) is 24.0 Å². The molecule has 70 heavy (non-hydrogen) atoms. The van der Waals surface area contributed by atoms with E-state index in [0.717, 1.165) is 36.1 Å². The number of amides is 1. The van der Waals surface area contributed by atoms with Gasteiger partial charge in [-0.1, -0.05) is 45.4 Å². The van der Waals surface area contributed by atoms with Crippen LogP contribution in [0.15, 0.2) is 53.8 Å². The van der Waals surface area contributed by atoms with Crippen molar-refractivity contribution in [3.05, 3.63) is 53.8 Å². The van der Waals surface area contributed by atoms with Crippen LogP contribution in [0.4, 0.5) is 5.69 Å². The first-order chi connectivity index (χ1) is 33.4. The minimum absolute atomic E-state index is 0.0346. The molecule has 2 bridgehead atoms. The number of methoxy groups -OCH3 is 2. The number of fused-ring (bicyclic) bond motifs is 4. The van der Waals surface area contributed by atoms with Crippen LogP contribution >= 0.6 is 0 Å². The van der Waals surface area contributed by atoms with Gasteiger partial charge in [-0.2, -0.15) is 0 Å². The Kier molecular flexibility index (Phi) is 17.9. The summed E-state index contributed by atoms with van der Waals surface area (Å²) in [4.78, 5) is 61.2. The molecule has 2 aliphatic carbocycles. The van der Waals surface area contributed by atoms with Gasteiger partial charge in [0, 0.05) is 87.4 Å². The number of allylic oxidation sites excluding steroid dienone is 3. The highest BCUT2D eigenvalue weighted by molar-refractivity contribution is 6.39. The molecule has 1 aromatic heterocycles. The van der Waals surface area contributed by atoms with E-state index in [1.54, 1.807) is 28.1 Å². The number of rotatable bonds is 10. The molecule has 2 N–H and O–H groups in total. The zero-order valence-electron chi connectivity index (χ0n) is 43.6. The second-order valence-electron chi connectivity index (χ2n) is 21.7. The van der Waals surface area contributed by atoms with Crippen LogP contribution in [0.25, 0.3) is 10.9 Å². The van der Waals surface area contributed by atoms with Gasteiger partial charge in [0.2, 0.25) is 5.79 Å². The molecule has 5 aliphatic rings. The Morgan fingerprint density at radius 1 is 0.929 bits per heavy atom. The number of carbonyl (C=O) groups is 4. The van der Waals surface area contributed by atoms with Gasteiger partial charge in [-0.3, -0.25) is 14.4 Å². The van der Waals surface area contributed by atoms with Gasteiger partial charge in [0.15, 0.2) is 0 Å². The maximum atomic E-state index is 14.7. The van der Waals surface area contributed by atoms with Crippen molar-refractivity contribution in [3.63, 3.8) is 0 Å². The van der Waals surface area contributed by atoms with E-state index in [9.17, 15) is 29.4 Å². The van der Waals surface area contributed by atoms with Crippen molar-refractivity contribution in [2.75, 3.05) is 39.3 Å². The highest BCUT2D eigenvalue weighted by Crippen LogP contribution is 2.41. The number of hydrogen-bond donors (Lipinski definition) is 2. The van der Waals surface area contributed by atoms with Gasteiger partial charge < -0.3 is 48.3 Å². The van der Waals surface area contributed by atoms with Crippen LogP contribution in [0.5, 0.6) is 0 Å². The molecular weight excluding hydrogens is 891 g/mol. The molecule has 0 spiro atoms. The van der Waals surface area contributed by atoms with Crippen LogP contribution < -0.4 is 4.90 Å². The minimum Gasteiger partial charge on any atom is -0.456 e. The lowest BCUT2D eigenvalue weighted by atomic mass is 9.80. The second kappa shape index (κ2) is 23.3. The predicted molar refractivity (Wildman–Crippen MR) is 269 cm³/mol. The Balaban J connectivity index is 1.17. The molecule has 2 saturated heterocycles. The summed E-state index contributed by atoms with van der Waals surface area (Å²) in [5.41, 5.74) is 4.15. The number of esters is 1. The molecule has 2 aromatic rings. The molecule has 388 valence electrons. The molecular formula is C56H83N3O11. The summed E-state index contributed by atoms with van der Waals surface area (Å²) in [6, 6.07) is 8.53. The third kappa shape index (κ3) is 11.8. The molecule has 14 unspecified atom stereocenters. The van der Waals surface area contributed by atoms with E-state index in [0.29, 0.717) is 44.8 Å². The molecule has 0 radical (unpaired) electrons. The second-order valence-corrected chi connectivity index (χ2v) is 21.7. The zero-order chi connectivity index (χ0) is 50.6. The molecule has 14 nitrogen and oxygen atoms in total. The van der Waals surface area contributed by atoms with Crippen LogP contribution in [0.1, 0.15) is 138 Å². The van der Waals surface area contributed by atoms with Gasteiger partial charge in [0.25, 0.3) is 11.7 Å². The summed E-state index contributed by atoms with van der Waals surface area (Å²) in [5, 5.41) is 25.4. The van der Waals surface area contributed by atoms with Gasteiger partial charge in [-0.15, -0.1) is 0 Å². The number of cyclic esters (lactones) is 1. The van der Waals surface area contributed by atoms with E-state index in [4.69, 9.17) is 23.7 Å². The number of piperidine rings is 1. The van der Waals surface area contributed by atoms with Crippen LogP contribution in [-0.2, 0) is 42.9 Å². The van der Waals surface area contributed by atoms with E-state index in [1.807, 2.05) is 33.8 Å². The normalized spacial score (nSPS) is 36.7.